The number of anilines is 1. The number of oxazole rings is 1. The van der Waals surface area contributed by atoms with Crippen molar-refractivity contribution in [3.05, 3.63) is 69.1 Å². The van der Waals surface area contributed by atoms with Crippen molar-refractivity contribution in [2.45, 2.75) is 6.92 Å². The quantitative estimate of drug-likeness (QED) is 0.550. The van der Waals surface area contributed by atoms with Gasteiger partial charge in [-0.15, -0.1) is 0 Å². The summed E-state index contributed by atoms with van der Waals surface area (Å²) >= 11 is 6.08. The first kappa shape index (κ1) is 17.0. The summed E-state index contributed by atoms with van der Waals surface area (Å²) in [6, 6.07) is 8.81. The zero-order valence-corrected chi connectivity index (χ0v) is 14.6. The molecule has 2 N–H and O–H groups in total. The van der Waals surface area contributed by atoms with Gasteiger partial charge in [-0.25, -0.2) is 9.18 Å². The van der Waals surface area contributed by atoms with Crippen LogP contribution in [0.1, 0.15) is 16.1 Å². The first-order valence-electron chi connectivity index (χ1n) is 7.79. The maximum Gasteiger partial charge on any atom is 0.417 e. The Hall–Kier alpha value is -3.39. The SMILES string of the molecule is Cc1onc(-c2c(F)cccc2Cl)c1C(=O)Nc1ccc2oc(=O)[nH]c2c1. The molecule has 0 fully saturated rings. The van der Waals surface area contributed by atoms with Gasteiger partial charge in [-0.05, 0) is 37.3 Å². The smallest absolute Gasteiger partial charge is 0.408 e. The fourth-order valence-electron chi connectivity index (χ4n) is 2.76. The van der Waals surface area contributed by atoms with E-state index in [0.29, 0.717) is 16.8 Å². The van der Waals surface area contributed by atoms with Gasteiger partial charge in [0.25, 0.3) is 5.91 Å². The average molecular weight is 388 g/mol. The molecule has 2 aromatic carbocycles. The minimum absolute atomic E-state index is 0.00546. The summed E-state index contributed by atoms with van der Waals surface area (Å²) in [5.74, 6) is -1.57. The van der Waals surface area contributed by atoms with Crippen LogP contribution in [-0.4, -0.2) is 16.0 Å². The van der Waals surface area contributed by atoms with Crippen molar-refractivity contribution in [3.63, 3.8) is 0 Å². The number of amides is 1. The van der Waals surface area contributed by atoms with Crippen LogP contribution >= 0.6 is 11.6 Å². The molecule has 2 heterocycles. The normalized spacial score (nSPS) is 11.1. The minimum Gasteiger partial charge on any atom is -0.408 e. The third-order valence-corrected chi connectivity index (χ3v) is 4.28. The van der Waals surface area contributed by atoms with Crippen molar-refractivity contribution in [2.75, 3.05) is 5.32 Å². The fraction of sp³-hybridized carbons (Fsp3) is 0.0556. The minimum atomic E-state index is -0.623. The van der Waals surface area contributed by atoms with Gasteiger partial charge in [0.1, 0.15) is 22.8 Å². The van der Waals surface area contributed by atoms with Crippen LogP contribution in [0, 0.1) is 12.7 Å². The first-order valence-corrected chi connectivity index (χ1v) is 8.16. The Morgan fingerprint density at radius 1 is 1.30 bits per heavy atom. The predicted molar refractivity (Wildman–Crippen MR) is 96.4 cm³/mol. The van der Waals surface area contributed by atoms with Gasteiger partial charge in [-0.3, -0.25) is 9.78 Å². The number of aromatic amines is 1. The number of hydrogen-bond acceptors (Lipinski definition) is 5. The number of H-pyrrole nitrogens is 1. The Bertz CT molecular complexity index is 1220. The molecule has 4 rings (SSSR count). The van der Waals surface area contributed by atoms with Crippen molar-refractivity contribution < 1.29 is 18.1 Å². The number of benzene rings is 2. The molecular formula is C18H11ClFN3O4. The Balaban J connectivity index is 1.73. The maximum atomic E-state index is 14.3. The van der Waals surface area contributed by atoms with E-state index in [9.17, 15) is 14.0 Å². The number of fused-ring (bicyclic) bond motifs is 1. The van der Waals surface area contributed by atoms with Gasteiger partial charge in [0.2, 0.25) is 0 Å². The van der Waals surface area contributed by atoms with Crippen LogP contribution in [0.4, 0.5) is 10.1 Å². The molecule has 0 atom stereocenters. The standard InChI is InChI=1S/C18H11ClFN3O4/c1-8-14(16(23-27-8)15-10(19)3-2-4-11(15)20)17(24)21-9-5-6-13-12(7-9)22-18(25)26-13/h2-7H,1H3,(H,21,24)(H,22,25). The van der Waals surface area contributed by atoms with Crippen LogP contribution in [0.2, 0.25) is 5.02 Å². The predicted octanol–water partition coefficient (Wildman–Crippen LogP) is 4.13. The zero-order valence-electron chi connectivity index (χ0n) is 13.8. The molecule has 1 amide bonds. The van der Waals surface area contributed by atoms with Crippen molar-refractivity contribution in [1.29, 1.82) is 0 Å². The van der Waals surface area contributed by atoms with Gasteiger partial charge < -0.3 is 14.3 Å². The number of carbonyl (C=O) groups is 1. The molecule has 0 saturated carbocycles. The van der Waals surface area contributed by atoms with E-state index in [1.54, 1.807) is 6.07 Å². The average Bonchev–Trinajstić information content (AvgIpc) is 3.16. The monoisotopic (exact) mass is 387 g/mol. The van der Waals surface area contributed by atoms with E-state index in [4.69, 9.17) is 20.5 Å². The highest BCUT2D eigenvalue weighted by Crippen LogP contribution is 2.33. The molecule has 4 aromatic rings. The number of nitrogens with zero attached hydrogens (tertiary/aromatic N) is 1. The largest absolute Gasteiger partial charge is 0.417 e. The summed E-state index contributed by atoms with van der Waals surface area (Å²) in [6.45, 7) is 1.54. The molecule has 0 saturated heterocycles. The Labute approximate surface area is 155 Å². The molecule has 136 valence electrons. The van der Waals surface area contributed by atoms with Gasteiger partial charge in [0.05, 0.1) is 16.1 Å². The van der Waals surface area contributed by atoms with E-state index in [2.05, 4.69) is 15.5 Å². The number of aryl methyl sites for hydroxylation is 1. The molecule has 9 heteroatoms. The highest BCUT2D eigenvalue weighted by atomic mass is 35.5. The second-order valence-corrected chi connectivity index (χ2v) is 6.15. The lowest BCUT2D eigenvalue weighted by molar-refractivity contribution is 0.102. The number of carbonyl (C=O) groups excluding carboxylic acids is 1. The van der Waals surface area contributed by atoms with Crippen LogP contribution < -0.4 is 11.1 Å². The van der Waals surface area contributed by atoms with E-state index in [1.807, 2.05) is 0 Å². The van der Waals surface area contributed by atoms with Gasteiger partial charge >= 0.3 is 5.76 Å². The summed E-state index contributed by atoms with van der Waals surface area (Å²) in [7, 11) is 0. The van der Waals surface area contributed by atoms with Crippen LogP contribution in [0.25, 0.3) is 22.4 Å². The van der Waals surface area contributed by atoms with Crippen molar-refractivity contribution in [3.8, 4) is 11.3 Å². The van der Waals surface area contributed by atoms with Crippen molar-refractivity contribution in [2.24, 2.45) is 0 Å². The molecule has 27 heavy (non-hydrogen) atoms. The summed E-state index contributed by atoms with van der Waals surface area (Å²) in [6.07, 6.45) is 0. The van der Waals surface area contributed by atoms with Gasteiger partial charge in [0.15, 0.2) is 5.58 Å². The van der Waals surface area contributed by atoms with E-state index in [-0.39, 0.29) is 27.6 Å². The Morgan fingerprint density at radius 2 is 2.11 bits per heavy atom. The summed E-state index contributed by atoms with van der Waals surface area (Å²) in [5, 5.41) is 6.57. The molecule has 0 aliphatic carbocycles. The summed E-state index contributed by atoms with van der Waals surface area (Å²) < 4.78 is 24.3. The molecule has 0 aliphatic rings. The molecule has 0 radical (unpaired) electrons. The lowest BCUT2D eigenvalue weighted by atomic mass is 10.0. The number of hydrogen-bond donors (Lipinski definition) is 2. The maximum absolute atomic E-state index is 14.3. The van der Waals surface area contributed by atoms with Gasteiger partial charge in [0, 0.05) is 5.69 Å². The third-order valence-electron chi connectivity index (χ3n) is 3.97. The van der Waals surface area contributed by atoms with Crippen molar-refractivity contribution >= 4 is 34.3 Å². The Morgan fingerprint density at radius 3 is 2.89 bits per heavy atom. The van der Waals surface area contributed by atoms with E-state index in [1.165, 1.54) is 37.3 Å². The molecule has 2 aromatic heterocycles. The second-order valence-electron chi connectivity index (χ2n) is 5.74. The number of rotatable bonds is 3. The lowest BCUT2D eigenvalue weighted by Gasteiger charge is -2.07. The molecule has 0 unspecified atom stereocenters. The first-order chi connectivity index (χ1) is 12.9. The van der Waals surface area contributed by atoms with Crippen LogP contribution in [-0.2, 0) is 0 Å². The van der Waals surface area contributed by atoms with Crippen LogP contribution in [0.3, 0.4) is 0 Å². The topological polar surface area (TPSA) is 101 Å². The fourth-order valence-corrected chi connectivity index (χ4v) is 3.01. The third kappa shape index (κ3) is 3.00. The van der Waals surface area contributed by atoms with Crippen LogP contribution in [0.15, 0.2) is 50.1 Å². The van der Waals surface area contributed by atoms with E-state index >= 15 is 0 Å². The number of halogens is 2. The summed E-state index contributed by atoms with van der Waals surface area (Å²) in [4.78, 5) is 26.5. The van der Waals surface area contributed by atoms with Gasteiger partial charge in [-0.1, -0.05) is 22.8 Å². The zero-order chi connectivity index (χ0) is 19.1. The molecular weight excluding hydrogens is 377 g/mol. The molecule has 0 spiro atoms. The number of aromatic nitrogens is 2. The molecule has 7 nitrogen and oxygen atoms in total. The Kier molecular flexibility index (Phi) is 4.04. The second kappa shape index (κ2) is 6.40. The van der Waals surface area contributed by atoms with Gasteiger partial charge in [-0.2, -0.15) is 0 Å². The number of nitrogens with one attached hydrogen (secondary N) is 2. The molecule has 0 aliphatic heterocycles. The summed E-state index contributed by atoms with van der Waals surface area (Å²) in [5.41, 5.74) is 1.23. The highest BCUT2D eigenvalue weighted by molar-refractivity contribution is 6.33. The van der Waals surface area contributed by atoms with Crippen molar-refractivity contribution in [1.82, 2.24) is 10.1 Å². The van der Waals surface area contributed by atoms with E-state index in [0.717, 1.165) is 0 Å². The van der Waals surface area contributed by atoms with Crippen LogP contribution in [0.5, 0.6) is 0 Å². The lowest BCUT2D eigenvalue weighted by Crippen LogP contribution is -2.13. The highest BCUT2D eigenvalue weighted by Gasteiger charge is 2.25. The van der Waals surface area contributed by atoms with E-state index < -0.39 is 17.5 Å². The molecule has 0 bridgehead atoms.